The molecule has 1 amide bonds. The first-order chi connectivity index (χ1) is 14.4. The minimum atomic E-state index is -0.00974. The number of nitrogens with zero attached hydrogens (tertiary/aromatic N) is 3. The molecule has 0 bridgehead atoms. The second-order valence-electron chi connectivity index (χ2n) is 7.45. The van der Waals surface area contributed by atoms with Crippen LogP contribution < -0.4 is 4.74 Å². The van der Waals surface area contributed by atoms with Gasteiger partial charge in [-0.25, -0.2) is 0 Å². The third-order valence-corrected chi connectivity index (χ3v) is 5.17. The number of benzene rings is 2. The van der Waals surface area contributed by atoms with Gasteiger partial charge in [0.05, 0.1) is 7.11 Å². The van der Waals surface area contributed by atoms with Crippen LogP contribution >= 0.6 is 0 Å². The third kappa shape index (κ3) is 3.91. The summed E-state index contributed by atoms with van der Waals surface area (Å²) in [6.45, 7) is 4.42. The van der Waals surface area contributed by atoms with Crippen LogP contribution in [0.25, 0.3) is 22.5 Å². The Kier molecular flexibility index (Phi) is 5.27. The summed E-state index contributed by atoms with van der Waals surface area (Å²) in [4.78, 5) is 22.2. The van der Waals surface area contributed by atoms with Gasteiger partial charge in [-0.15, -0.1) is 0 Å². The number of nitrogens with one attached hydrogen (secondary N) is 1. The van der Waals surface area contributed by atoms with Crippen molar-refractivity contribution >= 4 is 16.8 Å². The van der Waals surface area contributed by atoms with Crippen LogP contribution in [0.3, 0.4) is 0 Å². The number of aromatic amines is 1. The monoisotopic (exact) mass is 404 g/mol. The zero-order valence-corrected chi connectivity index (χ0v) is 17.5. The lowest BCUT2D eigenvalue weighted by atomic mass is 10.0. The fraction of sp³-hybridized carbons (Fsp3) is 0.261. The lowest BCUT2D eigenvalue weighted by Gasteiger charge is -2.17. The molecule has 4 aromatic rings. The fourth-order valence-corrected chi connectivity index (χ4v) is 3.35. The van der Waals surface area contributed by atoms with E-state index < -0.39 is 0 Å². The molecule has 0 unspecified atom stereocenters. The molecule has 0 aliphatic rings. The minimum absolute atomic E-state index is 0.00974. The highest BCUT2D eigenvalue weighted by Crippen LogP contribution is 2.26. The van der Waals surface area contributed by atoms with E-state index in [1.807, 2.05) is 56.3 Å². The average molecular weight is 404 g/mol. The highest BCUT2D eigenvalue weighted by atomic mass is 16.5. The number of ether oxygens (including phenoxy) is 1. The molecule has 7 nitrogen and oxygen atoms in total. The quantitative estimate of drug-likeness (QED) is 0.522. The van der Waals surface area contributed by atoms with E-state index in [0.29, 0.717) is 24.7 Å². The molecule has 2 aromatic carbocycles. The Morgan fingerprint density at radius 3 is 2.80 bits per heavy atom. The maximum absolute atomic E-state index is 12.8. The largest absolute Gasteiger partial charge is 0.497 e. The van der Waals surface area contributed by atoms with Gasteiger partial charge in [-0.05, 0) is 43.7 Å². The zero-order valence-electron chi connectivity index (χ0n) is 17.5. The number of aryl methyl sites for hydroxylation is 2. The Bertz CT molecular complexity index is 1210. The van der Waals surface area contributed by atoms with E-state index in [9.17, 15) is 4.79 Å². The molecule has 0 aliphatic heterocycles. The molecular formula is C23H24N4O3. The molecule has 1 N–H and O–H groups in total. The lowest BCUT2D eigenvalue weighted by Crippen LogP contribution is -2.29. The van der Waals surface area contributed by atoms with E-state index in [1.54, 1.807) is 19.1 Å². The molecule has 2 aromatic heterocycles. The van der Waals surface area contributed by atoms with Crippen LogP contribution in [0.1, 0.15) is 27.3 Å². The first-order valence-corrected chi connectivity index (χ1v) is 9.77. The van der Waals surface area contributed by atoms with Crippen molar-refractivity contribution < 1.29 is 14.1 Å². The van der Waals surface area contributed by atoms with Crippen LogP contribution in [0.15, 0.2) is 47.0 Å². The van der Waals surface area contributed by atoms with Gasteiger partial charge in [0.25, 0.3) is 11.8 Å². The maximum Gasteiger partial charge on any atom is 0.274 e. The van der Waals surface area contributed by atoms with Crippen LogP contribution in [0, 0.1) is 13.8 Å². The van der Waals surface area contributed by atoms with Gasteiger partial charge in [0.15, 0.2) is 5.82 Å². The predicted octanol–water partition coefficient (Wildman–Crippen LogP) is 4.16. The lowest BCUT2D eigenvalue weighted by molar-refractivity contribution is 0.0795. The molecule has 30 heavy (non-hydrogen) atoms. The number of carbonyl (C=O) groups is 1. The van der Waals surface area contributed by atoms with Crippen LogP contribution in [0.2, 0.25) is 0 Å². The van der Waals surface area contributed by atoms with Crippen molar-refractivity contribution in [3.63, 3.8) is 0 Å². The molecule has 0 atom stereocenters. The highest BCUT2D eigenvalue weighted by Gasteiger charge is 2.17. The second-order valence-corrected chi connectivity index (χ2v) is 7.45. The van der Waals surface area contributed by atoms with Crippen LogP contribution in [0.5, 0.6) is 5.75 Å². The number of amides is 1. The molecule has 154 valence electrons. The first kappa shape index (κ1) is 19.7. The average Bonchev–Trinajstić information content (AvgIpc) is 3.39. The van der Waals surface area contributed by atoms with Gasteiger partial charge in [-0.1, -0.05) is 22.9 Å². The summed E-state index contributed by atoms with van der Waals surface area (Å²) in [5, 5.41) is 5.10. The summed E-state index contributed by atoms with van der Waals surface area (Å²) < 4.78 is 10.7. The van der Waals surface area contributed by atoms with Crippen molar-refractivity contribution in [2.75, 3.05) is 20.7 Å². The van der Waals surface area contributed by atoms with E-state index in [1.165, 1.54) is 0 Å². The van der Waals surface area contributed by atoms with Crippen molar-refractivity contribution in [3.8, 4) is 17.3 Å². The first-order valence-electron chi connectivity index (χ1n) is 9.77. The number of H-pyrrole nitrogens is 1. The highest BCUT2D eigenvalue weighted by molar-refractivity contribution is 5.95. The van der Waals surface area contributed by atoms with Gasteiger partial charge < -0.3 is 19.1 Å². The minimum Gasteiger partial charge on any atom is -0.497 e. The molecule has 2 heterocycles. The Hall–Kier alpha value is -3.61. The van der Waals surface area contributed by atoms with E-state index >= 15 is 0 Å². The second kappa shape index (κ2) is 8.02. The normalized spacial score (nSPS) is 11.1. The van der Waals surface area contributed by atoms with Crippen LogP contribution in [-0.2, 0) is 6.42 Å². The summed E-state index contributed by atoms with van der Waals surface area (Å²) >= 11 is 0. The fourth-order valence-electron chi connectivity index (χ4n) is 3.35. The maximum atomic E-state index is 12.8. The molecule has 0 fully saturated rings. The van der Waals surface area contributed by atoms with Crippen molar-refractivity contribution in [2.24, 2.45) is 0 Å². The van der Waals surface area contributed by atoms with Gasteiger partial charge in [-0.2, -0.15) is 4.98 Å². The topological polar surface area (TPSA) is 84.2 Å². The number of carbonyl (C=O) groups excluding carboxylic acids is 1. The van der Waals surface area contributed by atoms with Gasteiger partial charge in [0.2, 0.25) is 0 Å². The molecule has 0 saturated carbocycles. The Morgan fingerprint density at radius 2 is 2.00 bits per heavy atom. The number of hydrogen-bond acceptors (Lipinski definition) is 5. The molecular weight excluding hydrogens is 380 g/mol. The number of hydrogen-bond donors (Lipinski definition) is 1. The Balaban J connectivity index is 1.44. The molecule has 0 aliphatic carbocycles. The van der Waals surface area contributed by atoms with Crippen LogP contribution in [-0.4, -0.2) is 46.6 Å². The van der Waals surface area contributed by atoms with Crippen molar-refractivity contribution in [1.29, 1.82) is 0 Å². The van der Waals surface area contributed by atoms with E-state index in [-0.39, 0.29) is 5.91 Å². The summed E-state index contributed by atoms with van der Waals surface area (Å²) in [5.41, 5.74) is 4.44. The number of fused-ring (bicyclic) bond motifs is 1. The summed E-state index contributed by atoms with van der Waals surface area (Å²) in [6, 6.07) is 13.7. The van der Waals surface area contributed by atoms with E-state index in [0.717, 1.165) is 39.0 Å². The molecule has 7 heteroatoms. The third-order valence-electron chi connectivity index (χ3n) is 5.17. The standard InChI is InChI=1S/C23H24N4O3/c1-14-5-6-15(2)18(11-14)23(28)27(3)10-9-21-25-22(30-26-21)20-12-16-7-8-17(29-4)13-19(16)24-20/h5-8,11-13,24H,9-10H2,1-4H3. The summed E-state index contributed by atoms with van der Waals surface area (Å²) in [5.74, 6) is 1.74. The number of aromatic nitrogens is 3. The Labute approximate surface area is 174 Å². The number of likely N-dealkylation sites (N-methyl/N-ethyl adjacent to an activating group) is 1. The van der Waals surface area contributed by atoms with Gasteiger partial charge in [0.1, 0.15) is 11.4 Å². The van der Waals surface area contributed by atoms with E-state index in [4.69, 9.17) is 9.26 Å². The van der Waals surface area contributed by atoms with Gasteiger partial charge in [0, 0.05) is 42.5 Å². The predicted molar refractivity (Wildman–Crippen MR) is 115 cm³/mol. The smallest absolute Gasteiger partial charge is 0.274 e. The van der Waals surface area contributed by atoms with Crippen molar-refractivity contribution in [3.05, 3.63) is 65.0 Å². The van der Waals surface area contributed by atoms with Crippen molar-refractivity contribution in [1.82, 2.24) is 20.0 Å². The van der Waals surface area contributed by atoms with Crippen LogP contribution in [0.4, 0.5) is 0 Å². The van der Waals surface area contributed by atoms with E-state index in [2.05, 4.69) is 15.1 Å². The molecule has 4 rings (SSSR count). The van der Waals surface area contributed by atoms with Gasteiger partial charge >= 0.3 is 0 Å². The van der Waals surface area contributed by atoms with Crippen molar-refractivity contribution in [2.45, 2.75) is 20.3 Å². The SMILES string of the molecule is COc1ccc2cc(-c3nc(CCN(C)C(=O)c4cc(C)ccc4C)no3)[nH]c2c1. The molecule has 0 saturated heterocycles. The summed E-state index contributed by atoms with van der Waals surface area (Å²) in [7, 11) is 3.42. The molecule has 0 radical (unpaired) electrons. The zero-order chi connectivity index (χ0) is 21.3. The van der Waals surface area contributed by atoms with Gasteiger partial charge in [-0.3, -0.25) is 4.79 Å². The molecule has 0 spiro atoms. The Morgan fingerprint density at radius 1 is 1.17 bits per heavy atom. The number of rotatable bonds is 6. The summed E-state index contributed by atoms with van der Waals surface area (Å²) in [6.07, 6.45) is 0.505. The number of methoxy groups -OCH3 is 1.